The van der Waals surface area contributed by atoms with Gasteiger partial charge in [0.05, 0.1) is 31.9 Å². The summed E-state index contributed by atoms with van der Waals surface area (Å²) in [6, 6.07) is -1.74. The number of carbonyl (C=O) groups excluding carboxylic acids is 2. The van der Waals surface area contributed by atoms with Gasteiger partial charge in [-0.1, -0.05) is 0 Å². The lowest BCUT2D eigenvalue weighted by Gasteiger charge is -2.37. The number of aromatic nitrogens is 2. The molecular weight excluding hydrogens is 294 g/mol. The number of fused-ring (bicyclic) bond motifs is 1. The normalized spacial score (nSPS) is 27.1. The third-order valence-corrected chi connectivity index (χ3v) is 3.63. The van der Waals surface area contributed by atoms with E-state index >= 15 is 0 Å². The van der Waals surface area contributed by atoms with Gasteiger partial charge in [-0.15, -0.1) is 0 Å². The third kappa shape index (κ3) is 2.96. The van der Waals surface area contributed by atoms with Gasteiger partial charge in [-0.3, -0.25) is 9.59 Å². The average molecular weight is 313 g/mol. The van der Waals surface area contributed by atoms with Gasteiger partial charge in [-0.05, 0) is 0 Å². The number of ether oxygens (including phenoxy) is 1. The molecular formula is C13H19N3O6. The number of carbonyl (C=O) groups is 2. The zero-order valence-corrected chi connectivity index (χ0v) is 12.3. The molecule has 1 aliphatic heterocycles. The Kier molecular flexibility index (Phi) is 4.79. The van der Waals surface area contributed by atoms with E-state index in [0.29, 0.717) is 5.69 Å². The van der Waals surface area contributed by atoms with Gasteiger partial charge in [0.15, 0.2) is 0 Å². The number of aliphatic hydroxyl groups is 3. The Bertz CT molecular complexity index is 572. The Balaban J connectivity index is 2.42. The van der Waals surface area contributed by atoms with Crippen LogP contribution in [-0.4, -0.2) is 62.7 Å². The number of hydrogen-bond donors (Lipinski definition) is 4. The first kappa shape index (κ1) is 16.4. The SMILES string of the molecule is COC(=O)Cc1cn2c(n1)C(NC(C)=O)[C@@H](O)[C@H](O)C2CO. The average Bonchev–Trinajstić information content (AvgIpc) is 2.87. The molecule has 4 atom stereocenters. The summed E-state index contributed by atoms with van der Waals surface area (Å²) in [5.41, 5.74) is 0.358. The minimum absolute atomic E-state index is 0.0897. The smallest absolute Gasteiger partial charge is 0.311 e. The summed E-state index contributed by atoms with van der Waals surface area (Å²) in [6.45, 7) is 0.853. The maximum Gasteiger partial charge on any atom is 0.311 e. The van der Waals surface area contributed by atoms with Crippen LogP contribution in [-0.2, 0) is 20.7 Å². The zero-order chi connectivity index (χ0) is 16.4. The van der Waals surface area contributed by atoms with Crippen LogP contribution in [0, 0.1) is 0 Å². The second-order valence-electron chi connectivity index (χ2n) is 5.16. The fraction of sp³-hybridized carbons (Fsp3) is 0.615. The maximum atomic E-state index is 11.3. The number of nitrogens with one attached hydrogen (secondary N) is 1. The number of nitrogens with zero attached hydrogens (tertiary/aromatic N) is 2. The molecule has 4 N–H and O–H groups in total. The first-order valence-corrected chi connectivity index (χ1v) is 6.77. The number of rotatable bonds is 4. The summed E-state index contributed by atoms with van der Waals surface area (Å²) in [6.07, 6.45) is -1.19. The Morgan fingerprint density at radius 1 is 1.41 bits per heavy atom. The summed E-state index contributed by atoms with van der Waals surface area (Å²) in [4.78, 5) is 26.9. The van der Waals surface area contributed by atoms with Crippen molar-refractivity contribution >= 4 is 11.9 Å². The first-order valence-electron chi connectivity index (χ1n) is 6.77. The highest BCUT2D eigenvalue weighted by molar-refractivity contribution is 5.73. The molecule has 0 aromatic carbocycles. The van der Waals surface area contributed by atoms with E-state index in [9.17, 15) is 24.9 Å². The second kappa shape index (κ2) is 6.42. The Labute approximate surface area is 126 Å². The lowest BCUT2D eigenvalue weighted by molar-refractivity contribution is -0.139. The predicted octanol–water partition coefficient (Wildman–Crippen LogP) is -1.96. The highest BCUT2D eigenvalue weighted by Crippen LogP contribution is 2.32. The van der Waals surface area contributed by atoms with E-state index in [-0.39, 0.29) is 12.2 Å². The summed E-state index contributed by atoms with van der Waals surface area (Å²) < 4.78 is 6.04. The van der Waals surface area contributed by atoms with Crippen molar-refractivity contribution in [2.24, 2.45) is 0 Å². The van der Waals surface area contributed by atoms with Crippen molar-refractivity contribution in [1.82, 2.24) is 14.9 Å². The van der Waals surface area contributed by atoms with Gasteiger partial charge >= 0.3 is 5.97 Å². The summed E-state index contributed by atoms with van der Waals surface area (Å²) in [5, 5.41) is 32.2. The lowest BCUT2D eigenvalue weighted by Crippen LogP contribution is -2.51. The van der Waals surface area contributed by atoms with Crippen molar-refractivity contribution in [2.75, 3.05) is 13.7 Å². The van der Waals surface area contributed by atoms with Crippen LogP contribution >= 0.6 is 0 Å². The fourth-order valence-corrected chi connectivity index (χ4v) is 2.57. The second-order valence-corrected chi connectivity index (χ2v) is 5.16. The molecule has 1 aliphatic rings. The molecule has 9 heteroatoms. The van der Waals surface area contributed by atoms with E-state index in [1.54, 1.807) is 0 Å². The molecule has 9 nitrogen and oxygen atoms in total. The fourth-order valence-electron chi connectivity index (χ4n) is 2.57. The van der Waals surface area contributed by atoms with Gasteiger partial charge in [0.25, 0.3) is 0 Å². The van der Waals surface area contributed by atoms with Crippen molar-refractivity contribution in [3.63, 3.8) is 0 Å². The van der Waals surface area contributed by atoms with E-state index in [4.69, 9.17) is 0 Å². The molecule has 122 valence electrons. The third-order valence-electron chi connectivity index (χ3n) is 3.63. The van der Waals surface area contributed by atoms with Crippen LogP contribution in [0.4, 0.5) is 0 Å². The van der Waals surface area contributed by atoms with Crippen molar-refractivity contribution < 1.29 is 29.6 Å². The van der Waals surface area contributed by atoms with Gasteiger partial charge in [0.1, 0.15) is 24.1 Å². The lowest BCUT2D eigenvalue weighted by atomic mass is 9.94. The van der Waals surface area contributed by atoms with Crippen molar-refractivity contribution in [2.45, 2.75) is 37.6 Å². The highest BCUT2D eigenvalue weighted by atomic mass is 16.5. The summed E-state index contributed by atoms with van der Waals surface area (Å²) >= 11 is 0. The molecule has 22 heavy (non-hydrogen) atoms. The molecule has 0 radical (unpaired) electrons. The largest absolute Gasteiger partial charge is 0.469 e. The molecule has 0 aliphatic carbocycles. The summed E-state index contributed by atoms with van der Waals surface area (Å²) in [5.74, 6) is -0.623. The van der Waals surface area contributed by atoms with Crippen molar-refractivity contribution in [3.8, 4) is 0 Å². The van der Waals surface area contributed by atoms with Crippen LogP contribution in [0.1, 0.15) is 30.5 Å². The Morgan fingerprint density at radius 3 is 2.64 bits per heavy atom. The van der Waals surface area contributed by atoms with E-state index in [1.165, 1.54) is 24.8 Å². The standard InChI is InChI=1S/C13H19N3O6/c1-6(18)14-10-12(21)11(20)8(5-17)16-4-7(15-13(10)16)3-9(19)22-2/h4,8,10-12,17,20-21H,3,5H2,1-2H3,(H,14,18)/t8?,10?,11-,12-/m1/s1. The van der Waals surface area contributed by atoms with E-state index in [2.05, 4.69) is 15.0 Å². The number of esters is 1. The summed E-state index contributed by atoms with van der Waals surface area (Å²) in [7, 11) is 1.25. The van der Waals surface area contributed by atoms with Crippen LogP contribution < -0.4 is 5.32 Å². The van der Waals surface area contributed by atoms with Crippen LogP contribution in [0.25, 0.3) is 0 Å². The molecule has 2 rings (SSSR count). The van der Waals surface area contributed by atoms with Gasteiger partial charge in [0.2, 0.25) is 5.91 Å². The first-order chi connectivity index (χ1) is 10.4. The van der Waals surface area contributed by atoms with E-state index < -0.39 is 42.8 Å². The monoisotopic (exact) mass is 313 g/mol. The molecule has 2 heterocycles. The van der Waals surface area contributed by atoms with Crippen LogP contribution in [0.3, 0.4) is 0 Å². The molecule has 0 saturated carbocycles. The topological polar surface area (TPSA) is 134 Å². The maximum absolute atomic E-state index is 11.3. The van der Waals surface area contributed by atoms with Gasteiger partial charge < -0.3 is 29.9 Å². The molecule has 1 aromatic rings. The number of aliphatic hydroxyl groups excluding tert-OH is 3. The Hall–Kier alpha value is -1.97. The molecule has 0 saturated heterocycles. The minimum Gasteiger partial charge on any atom is -0.469 e. The molecule has 1 aromatic heterocycles. The molecule has 0 bridgehead atoms. The van der Waals surface area contributed by atoms with E-state index in [1.807, 2.05) is 0 Å². The molecule has 0 fully saturated rings. The predicted molar refractivity (Wildman–Crippen MR) is 72.6 cm³/mol. The molecule has 0 spiro atoms. The van der Waals surface area contributed by atoms with Gasteiger partial charge in [-0.25, -0.2) is 4.98 Å². The molecule has 1 amide bonds. The highest BCUT2D eigenvalue weighted by Gasteiger charge is 2.42. The van der Waals surface area contributed by atoms with Crippen LogP contribution in [0.15, 0.2) is 6.20 Å². The van der Waals surface area contributed by atoms with Crippen molar-refractivity contribution in [3.05, 3.63) is 17.7 Å². The number of amides is 1. The zero-order valence-electron chi connectivity index (χ0n) is 12.3. The van der Waals surface area contributed by atoms with Crippen LogP contribution in [0.5, 0.6) is 0 Å². The van der Waals surface area contributed by atoms with Gasteiger partial charge in [0, 0.05) is 13.1 Å². The van der Waals surface area contributed by atoms with Gasteiger partial charge in [-0.2, -0.15) is 0 Å². The minimum atomic E-state index is -1.32. The number of hydrogen-bond acceptors (Lipinski definition) is 7. The molecule has 2 unspecified atom stereocenters. The Morgan fingerprint density at radius 2 is 2.09 bits per heavy atom. The number of methoxy groups -OCH3 is 1. The van der Waals surface area contributed by atoms with Crippen LogP contribution in [0.2, 0.25) is 0 Å². The number of imidazole rings is 1. The quantitative estimate of drug-likeness (QED) is 0.474. The van der Waals surface area contributed by atoms with E-state index in [0.717, 1.165) is 0 Å². The van der Waals surface area contributed by atoms with Crippen molar-refractivity contribution in [1.29, 1.82) is 0 Å².